The fourth-order valence-electron chi connectivity index (χ4n) is 7.21. The third-order valence-corrected chi connectivity index (χ3v) is 11.5. The molecule has 0 aromatic heterocycles. The van der Waals surface area contributed by atoms with E-state index >= 15 is 0 Å². The normalized spacial score (nSPS) is 12.9. The van der Waals surface area contributed by atoms with E-state index in [-0.39, 0.29) is 37.5 Å². The lowest BCUT2D eigenvalue weighted by Gasteiger charge is -2.18. The first-order valence-corrected chi connectivity index (χ1v) is 27.9. The number of carbonyl (C=O) groups excluding carboxylic acids is 3. The van der Waals surface area contributed by atoms with Gasteiger partial charge in [-0.15, -0.1) is 0 Å². The summed E-state index contributed by atoms with van der Waals surface area (Å²) in [6, 6.07) is 0. The number of esters is 3. The quantitative estimate of drug-likeness (QED) is 0.0262. The zero-order valence-electron chi connectivity index (χ0n) is 44.1. The second-order valence-electron chi connectivity index (χ2n) is 18.1. The molecule has 0 aliphatic carbocycles. The number of unbranched alkanes of at least 4 members (excludes halogenated alkanes) is 20. The zero-order chi connectivity index (χ0) is 49.3. The molecule has 0 spiro atoms. The molecule has 386 valence electrons. The lowest BCUT2D eigenvalue weighted by atomic mass is 10.1. The van der Waals surface area contributed by atoms with Gasteiger partial charge in [-0.1, -0.05) is 207 Å². The Bertz CT molecular complexity index is 1410. The summed E-state index contributed by atoms with van der Waals surface area (Å²) in [5, 5.41) is 0. The van der Waals surface area contributed by atoms with Crippen LogP contribution >= 0.6 is 0 Å². The highest BCUT2D eigenvalue weighted by molar-refractivity contribution is 5.71. The van der Waals surface area contributed by atoms with Crippen LogP contribution in [0.15, 0.2) is 109 Å². The highest BCUT2D eigenvalue weighted by atomic mass is 16.6. The highest BCUT2D eigenvalue weighted by Crippen LogP contribution is 2.13. The average Bonchev–Trinajstić information content (AvgIpc) is 3.34. The summed E-state index contributed by atoms with van der Waals surface area (Å²) >= 11 is 0. The van der Waals surface area contributed by atoms with Crippen molar-refractivity contribution in [3.05, 3.63) is 109 Å². The predicted octanol–water partition coefficient (Wildman–Crippen LogP) is 18.7. The van der Waals surface area contributed by atoms with Crippen LogP contribution < -0.4 is 0 Å². The molecule has 1 atom stereocenters. The van der Waals surface area contributed by atoms with Crippen molar-refractivity contribution in [3.63, 3.8) is 0 Å². The summed E-state index contributed by atoms with van der Waals surface area (Å²) < 4.78 is 16.8. The first-order valence-electron chi connectivity index (χ1n) is 27.9. The molecule has 0 fully saturated rings. The molecule has 0 aliphatic rings. The van der Waals surface area contributed by atoms with Gasteiger partial charge in [-0.05, 0) is 128 Å². The molecule has 0 aliphatic heterocycles. The van der Waals surface area contributed by atoms with Crippen molar-refractivity contribution in [1.29, 1.82) is 0 Å². The number of allylic oxidation sites excluding steroid dienone is 18. The van der Waals surface area contributed by atoms with Crippen LogP contribution in [0.25, 0.3) is 0 Å². The van der Waals surface area contributed by atoms with Crippen molar-refractivity contribution in [2.45, 2.75) is 252 Å². The van der Waals surface area contributed by atoms with Crippen molar-refractivity contribution in [2.24, 2.45) is 0 Å². The van der Waals surface area contributed by atoms with E-state index in [0.29, 0.717) is 12.8 Å². The van der Waals surface area contributed by atoms with E-state index in [1.54, 1.807) is 0 Å². The number of hydrogen-bond donors (Lipinski definition) is 0. The third kappa shape index (κ3) is 53.0. The Balaban J connectivity index is 4.52. The van der Waals surface area contributed by atoms with E-state index < -0.39 is 6.10 Å². The number of ether oxygens (including phenoxy) is 3. The molecule has 0 bridgehead atoms. The summed E-state index contributed by atoms with van der Waals surface area (Å²) in [5.74, 6) is -0.975. The van der Waals surface area contributed by atoms with E-state index in [2.05, 4.69) is 130 Å². The lowest BCUT2D eigenvalue weighted by Crippen LogP contribution is -2.30. The van der Waals surface area contributed by atoms with Crippen LogP contribution in [-0.4, -0.2) is 37.2 Å². The maximum absolute atomic E-state index is 12.8. The van der Waals surface area contributed by atoms with Gasteiger partial charge >= 0.3 is 17.9 Å². The summed E-state index contributed by atoms with van der Waals surface area (Å²) in [7, 11) is 0. The first-order chi connectivity index (χ1) is 33.5. The maximum Gasteiger partial charge on any atom is 0.306 e. The summed E-state index contributed by atoms with van der Waals surface area (Å²) in [6.07, 6.45) is 74.9. The Morgan fingerprint density at radius 2 is 0.544 bits per heavy atom. The molecule has 68 heavy (non-hydrogen) atoms. The van der Waals surface area contributed by atoms with Crippen LogP contribution in [0.2, 0.25) is 0 Å². The molecule has 0 saturated heterocycles. The Labute approximate surface area is 419 Å². The van der Waals surface area contributed by atoms with E-state index in [9.17, 15) is 14.4 Å². The minimum atomic E-state index is -0.811. The van der Waals surface area contributed by atoms with Gasteiger partial charge in [-0.2, -0.15) is 0 Å². The summed E-state index contributed by atoms with van der Waals surface area (Å²) in [5.41, 5.74) is 0. The molecule has 0 rings (SSSR count). The zero-order valence-corrected chi connectivity index (χ0v) is 44.1. The number of rotatable bonds is 49. The minimum absolute atomic E-state index is 0.107. The van der Waals surface area contributed by atoms with Gasteiger partial charge in [0, 0.05) is 19.3 Å². The second kappa shape index (κ2) is 55.7. The van der Waals surface area contributed by atoms with Crippen LogP contribution in [0.4, 0.5) is 0 Å². The average molecular weight is 943 g/mol. The van der Waals surface area contributed by atoms with Gasteiger partial charge in [0.25, 0.3) is 0 Å². The molecule has 0 aromatic carbocycles. The Morgan fingerprint density at radius 1 is 0.294 bits per heavy atom. The van der Waals surface area contributed by atoms with Gasteiger partial charge < -0.3 is 14.2 Å². The van der Waals surface area contributed by atoms with Gasteiger partial charge in [0.05, 0.1) is 0 Å². The predicted molar refractivity (Wildman–Crippen MR) is 293 cm³/mol. The monoisotopic (exact) mass is 943 g/mol. The number of hydrogen-bond acceptors (Lipinski definition) is 6. The van der Waals surface area contributed by atoms with Crippen LogP contribution in [0.3, 0.4) is 0 Å². The molecule has 6 nitrogen and oxygen atoms in total. The molecule has 0 unspecified atom stereocenters. The molecular weight excluding hydrogens is 841 g/mol. The smallest absolute Gasteiger partial charge is 0.306 e. The van der Waals surface area contributed by atoms with Gasteiger partial charge in [-0.3, -0.25) is 14.4 Å². The van der Waals surface area contributed by atoms with Gasteiger partial charge in [0.1, 0.15) is 13.2 Å². The summed E-state index contributed by atoms with van der Waals surface area (Å²) in [4.78, 5) is 38.1. The maximum atomic E-state index is 12.8. The fraction of sp³-hybridized carbons (Fsp3) is 0.661. The largest absolute Gasteiger partial charge is 0.462 e. The number of carbonyl (C=O) groups is 3. The van der Waals surface area contributed by atoms with Crippen LogP contribution in [-0.2, 0) is 28.6 Å². The molecular formula is C62H102O6. The standard InChI is InChI=1S/C62H102O6/c1-4-7-10-13-16-19-22-25-28-30-31-33-34-37-40-43-46-49-52-55-61(64)67-58-59(57-66-60(63)54-51-48-45-42-39-36-27-24-21-18-15-12-9-6-3)68-62(65)56-53-50-47-44-41-38-35-32-29-26-23-20-17-14-11-8-5-2/h15-20,24-29,31,33,35,37-38,40,59H,4-14,21-23,30,32,34,36,39,41-58H2,1-3H3/b18-15+,19-16+,20-17+,27-24+,28-25+,29-26+,33-31+,38-35+,40-37+/t59-/m1/s1. The molecule has 6 heteroatoms. The highest BCUT2D eigenvalue weighted by Gasteiger charge is 2.19. The fourth-order valence-corrected chi connectivity index (χ4v) is 7.21. The lowest BCUT2D eigenvalue weighted by molar-refractivity contribution is -0.167. The Morgan fingerprint density at radius 3 is 0.882 bits per heavy atom. The molecule has 0 saturated carbocycles. The van der Waals surface area contributed by atoms with Crippen molar-refractivity contribution < 1.29 is 28.6 Å². The van der Waals surface area contributed by atoms with Gasteiger partial charge in [-0.25, -0.2) is 0 Å². The Kier molecular flexibility index (Phi) is 52.4. The molecule has 0 heterocycles. The molecule has 0 radical (unpaired) electrons. The van der Waals surface area contributed by atoms with Crippen LogP contribution in [0, 0.1) is 0 Å². The molecule has 0 amide bonds. The molecule has 0 aromatic rings. The van der Waals surface area contributed by atoms with E-state index in [0.717, 1.165) is 135 Å². The Hall–Kier alpha value is -3.93. The third-order valence-electron chi connectivity index (χ3n) is 11.5. The van der Waals surface area contributed by atoms with Gasteiger partial charge in [0.15, 0.2) is 6.10 Å². The van der Waals surface area contributed by atoms with E-state index in [1.165, 1.54) is 70.6 Å². The minimum Gasteiger partial charge on any atom is -0.462 e. The second-order valence-corrected chi connectivity index (χ2v) is 18.1. The van der Waals surface area contributed by atoms with Crippen LogP contribution in [0.5, 0.6) is 0 Å². The molecule has 0 N–H and O–H groups in total. The van der Waals surface area contributed by atoms with Gasteiger partial charge in [0.2, 0.25) is 0 Å². The van der Waals surface area contributed by atoms with Crippen molar-refractivity contribution in [3.8, 4) is 0 Å². The van der Waals surface area contributed by atoms with E-state index in [1.807, 2.05) is 0 Å². The van der Waals surface area contributed by atoms with E-state index in [4.69, 9.17) is 14.2 Å². The van der Waals surface area contributed by atoms with Crippen LogP contribution in [0.1, 0.15) is 245 Å². The summed E-state index contributed by atoms with van der Waals surface area (Å²) in [6.45, 7) is 6.48. The van der Waals surface area contributed by atoms with Crippen molar-refractivity contribution in [1.82, 2.24) is 0 Å². The van der Waals surface area contributed by atoms with Crippen molar-refractivity contribution in [2.75, 3.05) is 13.2 Å². The van der Waals surface area contributed by atoms with Crippen molar-refractivity contribution >= 4 is 17.9 Å². The first kappa shape index (κ1) is 64.1. The SMILES string of the molecule is CCCC/C=C/C/C=C/CCCCCCCC(=O)OC[C@H](COC(=O)CCCCC/C=C/C/C=C/C/C=C/C/C=C/CCCCC)OC(=O)CCCCCC/C=C/C/C=C/C/C=C/CCCCC. The topological polar surface area (TPSA) is 78.9 Å².